The van der Waals surface area contributed by atoms with Crippen LogP contribution in [0.25, 0.3) is 0 Å². The fraction of sp³-hybridized carbons (Fsp3) is 0.400. The van der Waals surface area contributed by atoms with Crippen molar-refractivity contribution < 1.29 is 0 Å². The van der Waals surface area contributed by atoms with Gasteiger partial charge in [0.15, 0.2) is 0 Å². The lowest BCUT2D eigenvalue weighted by atomic mass is 10.3. The Morgan fingerprint density at radius 3 is 2.75 bits per heavy atom. The lowest BCUT2D eigenvalue weighted by Gasteiger charge is -1.76. The Hall–Kier alpha value is -0.990. The van der Waals surface area contributed by atoms with Crippen molar-refractivity contribution in [1.29, 1.82) is 0 Å². The molecule has 0 aliphatic heterocycles. The molecule has 1 aromatic rings. The van der Waals surface area contributed by atoms with Gasteiger partial charge in [-0.1, -0.05) is 6.92 Å². The summed E-state index contributed by atoms with van der Waals surface area (Å²) in [5.74, 6) is 0. The minimum absolute atomic E-state index is 0.00694. The molecule has 0 aliphatic rings. The second-order valence-electron chi connectivity index (χ2n) is 1.62. The number of rotatable bonds is 1. The number of hydrogen-bond donors (Lipinski definition) is 2. The molecule has 0 bridgehead atoms. The Bertz CT molecular complexity index is 210. The van der Waals surface area contributed by atoms with Crippen LogP contribution in [0.1, 0.15) is 12.5 Å². The normalized spacial score (nSPS) is 9.62. The molecular formula is C5H8N2O. The van der Waals surface area contributed by atoms with Crippen molar-refractivity contribution in [2.24, 2.45) is 0 Å². The minimum Gasteiger partial charge on any atom is -0.305 e. The smallest absolute Gasteiger partial charge is 0.267 e. The molecular weight excluding hydrogens is 104 g/mol. The molecule has 2 N–H and O–H groups in total. The molecule has 3 nitrogen and oxygen atoms in total. The van der Waals surface area contributed by atoms with Crippen LogP contribution in [-0.4, -0.2) is 10.2 Å². The number of aromatic nitrogens is 2. The van der Waals surface area contributed by atoms with Gasteiger partial charge in [0.25, 0.3) is 5.56 Å². The summed E-state index contributed by atoms with van der Waals surface area (Å²) < 4.78 is 0. The van der Waals surface area contributed by atoms with Crippen LogP contribution >= 0.6 is 0 Å². The maximum absolute atomic E-state index is 10.6. The van der Waals surface area contributed by atoms with Gasteiger partial charge < -0.3 is 5.10 Å². The zero-order valence-corrected chi connectivity index (χ0v) is 4.69. The Morgan fingerprint density at radius 2 is 2.50 bits per heavy atom. The highest BCUT2D eigenvalue weighted by molar-refractivity contribution is 5.01. The van der Waals surface area contributed by atoms with E-state index in [2.05, 4.69) is 10.2 Å². The third kappa shape index (κ3) is 0.665. The summed E-state index contributed by atoms with van der Waals surface area (Å²) in [6.45, 7) is 1.94. The molecule has 44 valence electrons. The third-order valence-electron chi connectivity index (χ3n) is 1.10. The maximum atomic E-state index is 10.6. The Morgan fingerprint density at radius 1 is 1.75 bits per heavy atom. The topological polar surface area (TPSA) is 48.6 Å². The average Bonchev–Trinajstić information content (AvgIpc) is 2.14. The van der Waals surface area contributed by atoms with Crippen LogP contribution in [0.15, 0.2) is 11.0 Å². The Kier molecular flexibility index (Phi) is 1.20. The fourth-order valence-corrected chi connectivity index (χ4v) is 0.597. The van der Waals surface area contributed by atoms with E-state index in [0.717, 1.165) is 12.0 Å². The van der Waals surface area contributed by atoms with E-state index < -0.39 is 0 Å². The molecule has 1 aromatic heterocycles. The van der Waals surface area contributed by atoms with Crippen LogP contribution in [0, 0.1) is 0 Å². The number of H-pyrrole nitrogens is 2. The van der Waals surface area contributed by atoms with Crippen molar-refractivity contribution in [2.75, 3.05) is 0 Å². The van der Waals surface area contributed by atoms with Gasteiger partial charge in [-0.25, -0.2) is 0 Å². The second kappa shape index (κ2) is 1.86. The number of aryl methyl sites for hydroxylation is 1. The predicted molar refractivity (Wildman–Crippen MR) is 30.8 cm³/mol. The van der Waals surface area contributed by atoms with E-state index in [0.29, 0.717) is 0 Å². The quantitative estimate of drug-likeness (QED) is 0.538. The highest BCUT2D eigenvalue weighted by atomic mass is 16.1. The van der Waals surface area contributed by atoms with Gasteiger partial charge in [0.05, 0.1) is 0 Å². The Labute approximate surface area is 46.7 Å². The lowest BCUT2D eigenvalue weighted by molar-refractivity contribution is 1.05. The number of hydrogen-bond acceptors (Lipinski definition) is 1. The predicted octanol–water partition coefficient (Wildman–Crippen LogP) is 0.265. The summed E-state index contributed by atoms with van der Waals surface area (Å²) in [5.41, 5.74) is 0.803. The molecule has 0 aromatic carbocycles. The van der Waals surface area contributed by atoms with Gasteiger partial charge in [-0.15, -0.1) is 0 Å². The monoisotopic (exact) mass is 112 g/mol. The van der Waals surface area contributed by atoms with E-state index in [-0.39, 0.29) is 5.56 Å². The van der Waals surface area contributed by atoms with Crippen molar-refractivity contribution in [1.82, 2.24) is 10.2 Å². The second-order valence-corrected chi connectivity index (χ2v) is 1.62. The van der Waals surface area contributed by atoms with Crippen LogP contribution in [0.2, 0.25) is 0 Å². The first-order chi connectivity index (χ1) is 3.84. The summed E-state index contributed by atoms with van der Waals surface area (Å²) in [6.07, 6.45) is 2.47. The average molecular weight is 112 g/mol. The SMILES string of the molecule is CCc1c[nH][nH]c1=O. The fourth-order valence-electron chi connectivity index (χ4n) is 0.597. The van der Waals surface area contributed by atoms with Crippen molar-refractivity contribution in [3.63, 3.8) is 0 Å². The first-order valence-corrected chi connectivity index (χ1v) is 2.59. The van der Waals surface area contributed by atoms with Crippen LogP contribution in [-0.2, 0) is 6.42 Å². The van der Waals surface area contributed by atoms with Gasteiger partial charge in [-0.05, 0) is 6.42 Å². The molecule has 0 aliphatic carbocycles. The summed E-state index contributed by atoms with van der Waals surface area (Å²) in [6, 6.07) is 0. The van der Waals surface area contributed by atoms with E-state index in [4.69, 9.17) is 0 Å². The van der Waals surface area contributed by atoms with Gasteiger partial charge in [-0.3, -0.25) is 9.89 Å². The van der Waals surface area contributed by atoms with Crippen LogP contribution < -0.4 is 5.56 Å². The molecule has 0 spiro atoms. The van der Waals surface area contributed by atoms with E-state index in [1.54, 1.807) is 6.20 Å². The molecule has 0 amide bonds. The first-order valence-electron chi connectivity index (χ1n) is 2.59. The molecule has 0 saturated carbocycles. The summed E-state index contributed by atoms with van der Waals surface area (Å²) in [4.78, 5) is 10.6. The lowest BCUT2D eigenvalue weighted by Crippen LogP contribution is -2.03. The molecule has 0 saturated heterocycles. The molecule has 0 radical (unpaired) electrons. The molecule has 0 atom stereocenters. The minimum atomic E-state index is -0.00694. The van der Waals surface area contributed by atoms with Crippen LogP contribution in [0.3, 0.4) is 0 Å². The number of nitrogens with one attached hydrogen (secondary N) is 2. The van der Waals surface area contributed by atoms with Crippen molar-refractivity contribution in [3.8, 4) is 0 Å². The molecule has 8 heavy (non-hydrogen) atoms. The largest absolute Gasteiger partial charge is 0.305 e. The zero-order chi connectivity index (χ0) is 5.98. The first kappa shape index (κ1) is 5.15. The van der Waals surface area contributed by atoms with Gasteiger partial charge in [0.2, 0.25) is 0 Å². The van der Waals surface area contributed by atoms with Gasteiger partial charge in [-0.2, -0.15) is 0 Å². The van der Waals surface area contributed by atoms with E-state index >= 15 is 0 Å². The highest BCUT2D eigenvalue weighted by Gasteiger charge is 1.92. The standard InChI is InChI=1S/C5H8N2O/c1-2-4-3-6-7-5(4)8/h3H,2H2,1H3,(H2,6,7,8). The van der Waals surface area contributed by atoms with Crippen molar-refractivity contribution >= 4 is 0 Å². The van der Waals surface area contributed by atoms with Crippen molar-refractivity contribution in [2.45, 2.75) is 13.3 Å². The maximum Gasteiger partial charge on any atom is 0.267 e. The zero-order valence-electron chi connectivity index (χ0n) is 4.69. The molecule has 1 rings (SSSR count). The molecule has 0 unspecified atom stereocenters. The number of aromatic amines is 2. The van der Waals surface area contributed by atoms with Gasteiger partial charge in [0, 0.05) is 11.8 Å². The van der Waals surface area contributed by atoms with Crippen LogP contribution in [0.4, 0.5) is 0 Å². The van der Waals surface area contributed by atoms with Gasteiger partial charge >= 0.3 is 0 Å². The summed E-state index contributed by atoms with van der Waals surface area (Å²) >= 11 is 0. The van der Waals surface area contributed by atoms with Crippen molar-refractivity contribution in [3.05, 3.63) is 22.1 Å². The summed E-state index contributed by atoms with van der Waals surface area (Å²) in [5, 5.41) is 5.05. The Balaban J connectivity index is 3.11. The summed E-state index contributed by atoms with van der Waals surface area (Å²) in [7, 11) is 0. The van der Waals surface area contributed by atoms with Crippen LogP contribution in [0.5, 0.6) is 0 Å². The van der Waals surface area contributed by atoms with Gasteiger partial charge in [0.1, 0.15) is 0 Å². The van der Waals surface area contributed by atoms with E-state index in [1.807, 2.05) is 6.92 Å². The molecule has 1 heterocycles. The molecule has 3 heteroatoms. The third-order valence-corrected chi connectivity index (χ3v) is 1.10. The van der Waals surface area contributed by atoms with E-state index in [1.165, 1.54) is 0 Å². The molecule has 0 fully saturated rings. The highest BCUT2D eigenvalue weighted by Crippen LogP contribution is 1.83. The van der Waals surface area contributed by atoms with E-state index in [9.17, 15) is 4.79 Å².